The van der Waals surface area contributed by atoms with E-state index >= 15 is 0 Å². The van der Waals surface area contributed by atoms with Gasteiger partial charge in [0.1, 0.15) is 27.8 Å². The number of anilines is 1. The molecule has 30 heavy (non-hydrogen) atoms. The van der Waals surface area contributed by atoms with Gasteiger partial charge in [-0.25, -0.2) is 9.59 Å². The average Bonchev–Trinajstić information content (AvgIpc) is 3.21. The summed E-state index contributed by atoms with van der Waals surface area (Å²) in [4.78, 5) is 48.0. The maximum absolute atomic E-state index is 12.8. The first-order valence-corrected chi connectivity index (χ1v) is 9.92. The van der Waals surface area contributed by atoms with Gasteiger partial charge in [-0.3, -0.25) is 19.6 Å². The zero-order chi connectivity index (χ0) is 22.6. The largest absolute Gasteiger partial charge is 0.462 e. The number of hydrogen-bond acceptors (Lipinski definition) is 9. The average molecular weight is 438 g/mol. The summed E-state index contributed by atoms with van der Waals surface area (Å²) in [6.07, 6.45) is 1.07. The summed E-state index contributed by atoms with van der Waals surface area (Å²) in [6, 6.07) is -0.915. The van der Waals surface area contributed by atoms with E-state index in [9.17, 15) is 24.5 Å². The Hall–Kier alpha value is -3.28. The van der Waals surface area contributed by atoms with Crippen LogP contribution in [0.15, 0.2) is 6.20 Å². The van der Waals surface area contributed by atoms with Gasteiger partial charge in [0.2, 0.25) is 5.91 Å². The monoisotopic (exact) mass is 438 g/mol. The van der Waals surface area contributed by atoms with Crippen molar-refractivity contribution in [2.75, 3.05) is 18.5 Å². The fourth-order valence-corrected chi connectivity index (χ4v) is 3.84. The Balaban J connectivity index is 2.39. The van der Waals surface area contributed by atoms with Crippen molar-refractivity contribution in [3.63, 3.8) is 0 Å². The SMILES string of the molecule is CCOC(=O)c1sc(NC(=O)C(C)n2ncc([N+](=O)[O-])c2C)c(C(=O)OCC)c1C. The molecule has 1 unspecified atom stereocenters. The van der Waals surface area contributed by atoms with E-state index in [2.05, 4.69) is 10.4 Å². The molecule has 0 aliphatic rings. The third-order valence-corrected chi connectivity index (χ3v) is 5.47. The van der Waals surface area contributed by atoms with Gasteiger partial charge in [0.05, 0.1) is 23.7 Å². The van der Waals surface area contributed by atoms with Gasteiger partial charge in [-0.15, -0.1) is 11.3 Å². The molecule has 0 saturated carbocycles. The van der Waals surface area contributed by atoms with Gasteiger partial charge in [0.15, 0.2) is 0 Å². The number of carbonyl (C=O) groups excluding carboxylic acids is 3. The van der Waals surface area contributed by atoms with Gasteiger partial charge in [-0.2, -0.15) is 5.10 Å². The van der Waals surface area contributed by atoms with E-state index in [0.717, 1.165) is 17.5 Å². The van der Waals surface area contributed by atoms with E-state index in [0.29, 0.717) is 5.56 Å². The second-order valence-corrected chi connectivity index (χ2v) is 7.20. The zero-order valence-corrected chi connectivity index (χ0v) is 18.0. The van der Waals surface area contributed by atoms with Crippen LogP contribution in [0.25, 0.3) is 0 Å². The highest BCUT2D eigenvalue weighted by molar-refractivity contribution is 7.18. The molecular formula is C18H22N4O7S. The Morgan fingerprint density at radius 2 is 1.83 bits per heavy atom. The van der Waals surface area contributed by atoms with Crippen LogP contribution in [-0.4, -0.2) is 45.8 Å². The summed E-state index contributed by atoms with van der Waals surface area (Å²) in [7, 11) is 0. The van der Waals surface area contributed by atoms with Gasteiger partial charge in [0, 0.05) is 0 Å². The molecule has 2 rings (SSSR count). The normalized spacial score (nSPS) is 11.6. The summed E-state index contributed by atoms with van der Waals surface area (Å²) >= 11 is 0.898. The topological polar surface area (TPSA) is 143 Å². The Kier molecular flexibility index (Phi) is 7.27. The molecule has 0 fully saturated rings. The molecule has 0 aliphatic carbocycles. The van der Waals surface area contributed by atoms with Gasteiger partial charge < -0.3 is 14.8 Å². The molecule has 0 spiro atoms. The Morgan fingerprint density at radius 1 is 1.23 bits per heavy atom. The summed E-state index contributed by atoms with van der Waals surface area (Å²) in [5.74, 6) is -1.87. The molecule has 1 amide bonds. The Labute approximate surface area is 176 Å². The highest BCUT2D eigenvalue weighted by Gasteiger charge is 2.29. The Morgan fingerprint density at radius 3 is 2.37 bits per heavy atom. The maximum Gasteiger partial charge on any atom is 0.348 e. The molecule has 0 aromatic carbocycles. The molecule has 2 aromatic rings. The lowest BCUT2D eigenvalue weighted by Gasteiger charge is -2.14. The van der Waals surface area contributed by atoms with Gasteiger partial charge in [-0.1, -0.05) is 0 Å². The molecule has 1 N–H and O–H groups in total. The van der Waals surface area contributed by atoms with Crippen LogP contribution in [0, 0.1) is 24.0 Å². The van der Waals surface area contributed by atoms with Gasteiger partial charge in [0.25, 0.3) is 0 Å². The third-order valence-electron chi connectivity index (χ3n) is 4.29. The number of amides is 1. The van der Waals surface area contributed by atoms with Crippen molar-refractivity contribution in [1.29, 1.82) is 0 Å². The fraction of sp³-hybridized carbons (Fsp3) is 0.444. The zero-order valence-electron chi connectivity index (χ0n) is 17.2. The number of nitrogens with one attached hydrogen (secondary N) is 1. The number of thiophene rings is 1. The molecule has 0 radical (unpaired) electrons. The first-order valence-electron chi connectivity index (χ1n) is 9.10. The number of esters is 2. The minimum Gasteiger partial charge on any atom is -0.462 e. The second kappa shape index (κ2) is 9.48. The number of carbonyl (C=O) groups is 3. The van der Waals surface area contributed by atoms with Crippen molar-refractivity contribution in [1.82, 2.24) is 9.78 Å². The summed E-state index contributed by atoms with van der Waals surface area (Å²) in [5, 5.41) is 17.7. The molecule has 0 saturated heterocycles. The smallest absolute Gasteiger partial charge is 0.348 e. The molecule has 11 nitrogen and oxygen atoms in total. The van der Waals surface area contributed by atoms with Crippen LogP contribution in [0.5, 0.6) is 0 Å². The molecule has 0 bridgehead atoms. The first kappa shape index (κ1) is 23.0. The van der Waals surface area contributed by atoms with Crippen LogP contribution in [0.3, 0.4) is 0 Å². The van der Waals surface area contributed by atoms with Crippen molar-refractivity contribution >= 4 is 39.9 Å². The summed E-state index contributed by atoms with van der Waals surface area (Å²) in [5.41, 5.74) is 0.403. The highest BCUT2D eigenvalue weighted by atomic mass is 32.1. The minimum absolute atomic E-state index is 0.0635. The molecule has 2 aromatic heterocycles. The Bertz CT molecular complexity index is 995. The van der Waals surface area contributed by atoms with Gasteiger partial charge in [-0.05, 0) is 40.2 Å². The van der Waals surface area contributed by atoms with E-state index in [1.165, 1.54) is 18.5 Å². The van der Waals surface area contributed by atoms with Crippen LogP contribution < -0.4 is 5.32 Å². The fourth-order valence-electron chi connectivity index (χ4n) is 2.75. The van der Waals surface area contributed by atoms with Crippen molar-refractivity contribution in [3.05, 3.63) is 38.0 Å². The number of aromatic nitrogens is 2. The molecule has 2 heterocycles. The predicted octanol–water partition coefficient (Wildman–Crippen LogP) is 3.02. The molecule has 0 aliphatic heterocycles. The standard InChI is InChI=1S/C18H22N4O7S/c1-6-28-17(24)13-9(3)14(18(25)29-7-2)30-16(13)20-15(23)11(5)21-10(4)12(8-19-21)22(26)27/h8,11H,6-7H2,1-5H3,(H,20,23). The van der Waals surface area contributed by atoms with Crippen LogP contribution in [-0.2, 0) is 14.3 Å². The van der Waals surface area contributed by atoms with Crippen molar-refractivity contribution in [2.24, 2.45) is 0 Å². The van der Waals surface area contributed by atoms with E-state index in [-0.39, 0.29) is 40.0 Å². The molecule has 12 heteroatoms. The van der Waals surface area contributed by atoms with Crippen LogP contribution >= 0.6 is 11.3 Å². The quantitative estimate of drug-likeness (QED) is 0.376. The van der Waals surface area contributed by atoms with E-state index in [4.69, 9.17) is 9.47 Å². The maximum atomic E-state index is 12.8. The molecule has 162 valence electrons. The number of ether oxygens (including phenoxy) is 2. The predicted molar refractivity (Wildman–Crippen MR) is 108 cm³/mol. The van der Waals surface area contributed by atoms with Crippen molar-refractivity contribution in [2.45, 2.75) is 40.7 Å². The molecular weight excluding hydrogens is 416 g/mol. The van der Waals surface area contributed by atoms with E-state index in [1.54, 1.807) is 20.8 Å². The van der Waals surface area contributed by atoms with Gasteiger partial charge >= 0.3 is 17.6 Å². The minimum atomic E-state index is -0.915. The summed E-state index contributed by atoms with van der Waals surface area (Å²) in [6.45, 7) is 8.12. The number of nitro groups is 1. The molecule has 1 atom stereocenters. The van der Waals surface area contributed by atoms with Crippen LogP contribution in [0.1, 0.15) is 58.1 Å². The number of rotatable bonds is 8. The lowest BCUT2D eigenvalue weighted by molar-refractivity contribution is -0.385. The van der Waals surface area contributed by atoms with Crippen molar-refractivity contribution in [3.8, 4) is 0 Å². The second-order valence-electron chi connectivity index (χ2n) is 6.18. The van der Waals surface area contributed by atoms with Crippen LogP contribution in [0.2, 0.25) is 0 Å². The van der Waals surface area contributed by atoms with Crippen LogP contribution in [0.4, 0.5) is 10.7 Å². The number of nitrogens with zero attached hydrogens (tertiary/aromatic N) is 3. The lowest BCUT2D eigenvalue weighted by atomic mass is 10.1. The number of hydrogen-bond donors (Lipinski definition) is 1. The van der Waals surface area contributed by atoms with E-state index < -0.39 is 28.8 Å². The third kappa shape index (κ3) is 4.48. The van der Waals surface area contributed by atoms with E-state index in [1.807, 2.05) is 0 Å². The highest BCUT2D eigenvalue weighted by Crippen LogP contribution is 2.35. The van der Waals surface area contributed by atoms with Crippen molar-refractivity contribution < 1.29 is 28.8 Å². The summed E-state index contributed by atoms with van der Waals surface area (Å²) < 4.78 is 11.3. The first-order chi connectivity index (χ1) is 14.1. The lowest BCUT2D eigenvalue weighted by Crippen LogP contribution is -2.25.